The molecule has 1 aliphatic rings. The van der Waals surface area contributed by atoms with Crippen LogP contribution in [0.5, 0.6) is 17.2 Å². The normalized spacial score (nSPS) is 12.2. The SMILES string of the molecule is Cn1cc(CNc2cccc(COc3ccc4c(c3)OCO4)c2)cn1. The molecule has 25 heavy (non-hydrogen) atoms. The first-order valence-electron chi connectivity index (χ1n) is 8.09. The Morgan fingerprint density at radius 1 is 1.12 bits per heavy atom. The molecule has 1 aromatic heterocycles. The number of nitrogens with zero attached hydrogens (tertiary/aromatic N) is 2. The van der Waals surface area contributed by atoms with E-state index < -0.39 is 0 Å². The van der Waals surface area contributed by atoms with E-state index in [-0.39, 0.29) is 6.79 Å². The summed E-state index contributed by atoms with van der Waals surface area (Å²) in [7, 11) is 1.91. The average Bonchev–Trinajstić information content (AvgIpc) is 3.26. The third-order valence-corrected chi connectivity index (χ3v) is 3.93. The zero-order valence-electron chi connectivity index (χ0n) is 13.9. The van der Waals surface area contributed by atoms with Gasteiger partial charge in [0, 0.05) is 37.1 Å². The standard InChI is InChI=1S/C19H19N3O3/c1-22-11-15(10-21-22)9-20-16-4-2-3-14(7-16)12-23-17-5-6-18-19(8-17)25-13-24-18/h2-8,10-11,20H,9,12-13H2,1H3. The monoisotopic (exact) mass is 337 g/mol. The number of aryl methyl sites for hydroxylation is 1. The molecule has 3 aromatic rings. The third-order valence-electron chi connectivity index (χ3n) is 3.93. The van der Waals surface area contributed by atoms with Crippen molar-refractivity contribution in [3.05, 3.63) is 66.0 Å². The van der Waals surface area contributed by atoms with Crippen molar-refractivity contribution in [2.24, 2.45) is 7.05 Å². The molecule has 0 amide bonds. The molecule has 0 atom stereocenters. The number of rotatable bonds is 6. The second kappa shape index (κ2) is 6.76. The highest BCUT2D eigenvalue weighted by molar-refractivity contribution is 5.48. The summed E-state index contributed by atoms with van der Waals surface area (Å²) in [6.45, 7) is 1.49. The summed E-state index contributed by atoms with van der Waals surface area (Å²) >= 11 is 0. The molecule has 1 aliphatic heterocycles. The Balaban J connectivity index is 1.36. The first kappa shape index (κ1) is 15.4. The fourth-order valence-electron chi connectivity index (χ4n) is 2.67. The fourth-order valence-corrected chi connectivity index (χ4v) is 2.67. The highest BCUT2D eigenvalue weighted by Gasteiger charge is 2.13. The Kier molecular flexibility index (Phi) is 4.16. The lowest BCUT2D eigenvalue weighted by atomic mass is 10.2. The van der Waals surface area contributed by atoms with E-state index in [1.807, 2.05) is 55.8 Å². The van der Waals surface area contributed by atoms with Gasteiger partial charge in [-0.3, -0.25) is 4.68 Å². The van der Waals surface area contributed by atoms with Crippen LogP contribution in [0.4, 0.5) is 5.69 Å². The van der Waals surface area contributed by atoms with E-state index in [1.54, 1.807) is 4.68 Å². The van der Waals surface area contributed by atoms with Crippen LogP contribution in [0.15, 0.2) is 54.9 Å². The Bertz CT molecular complexity index is 876. The minimum absolute atomic E-state index is 0.267. The number of fused-ring (bicyclic) bond motifs is 1. The zero-order valence-corrected chi connectivity index (χ0v) is 13.9. The van der Waals surface area contributed by atoms with Crippen LogP contribution in [0.1, 0.15) is 11.1 Å². The molecule has 2 heterocycles. The summed E-state index contributed by atoms with van der Waals surface area (Å²) in [6.07, 6.45) is 3.86. The largest absolute Gasteiger partial charge is 0.489 e. The smallest absolute Gasteiger partial charge is 0.231 e. The van der Waals surface area contributed by atoms with Crippen molar-refractivity contribution in [1.29, 1.82) is 0 Å². The van der Waals surface area contributed by atoms with Gasteiger partial charge in [0.2, 0.25) is 6.79 Å². The van der Waals surface area contributed by atoms with Crippen molar-refractivity contribution < 1.29 is 14.2 Å². The van der Waals surface area contributed by atoms with Gasteiger partial charge in [-0.1, -0.05) is 12.1 Å². The number of nitrogens with one attached hydrogen (secondary N) is 1. The van der Waals surface area contributed by atoms with Crippen LogP contribution in [0.2, 0.25) is 0 Å². The van der Waals surface area contributed by atoms with E-state index in [4.69, 9.17) is 14.2 Å². The Morgan fingerprint density at radius 2 is 2.04 bits per heavy atom. The summed E-state index contributed by atoms with van der Waals surface area (Å²) in [5, 5.41) is 7.57. The molecular formula is C19H19N3O3. The second-order valence-electron chi connectivity index (χ2n) is 5.88. The molecule has 0 saturated carbocycles. The van der Waals surface area contributed by atoms with Crippen LogP contribution in [0.3, 0.4) is 0 Å². The average molecular weight is 337 g/mol. The molecular weight excluding hydrogens is 318 g/mol. The minimum Gasteiger partial charge on any atom is -0.489 e. The molecule has 0 spiro atoms. The van der Waals surface area contributed by atoms with E-state index in [0.29, 0.717) is 6.61 Å². The van der Waals surface area contributed by atoms with Gasteiger partial charge in [0.15, 0.2) is 11.5 Å². The zero-order chi connectivity index (χ0) is 17.1. The minimum atomic E-state index is 0.267. The quantitative estimate of drug-likeness (QED) is 0.748. The van der Waals surface area contributed by atoms with E-state index in [2.05, 4.69) is 16.5 Å². The molecule has 0 radical (unpaired) electrons. The van der Waals surface area contributed by atoms with Crippen molar-refractivity contribution >= 4 is 5.69 Å². The van der Waals surface area contributed by atoms with Gasteiger partial charge >= 0.3 is 0 Å². The van der Waals surface area contributed by atoms with Crippen LogP contribution in [-0.4, -0.2) is 16.6 Å². The van der Waals surface area contributed by atoms with Gasteiger partial charge in [0.25, 0.3) is 0 Å². The van der Waals surface area contributed by atoms with Crippen LogP contribution in [0.25, 0.3) is 0 Å². The highest BCUT2D eigenvalue weighted by Crippen LogP contribution is 2.35. The van der Waals surface area contributed by atoms with Gasteiger partial charge in [-0.25, -0.2) is 0 Å². The predicted molar refractivity (Wildman–Crippen MR) is 93.9 cm³/mol. The van der Waals surface area contributed by atoms with Gasteiger partial charge < -0.3 is 19.5 Å². The van der Waals surface area contributed by atoms with Crippen LogP contribution >= 0.6 is 0 Å². The molecule has 6 heteroatoms. The molecule has 0 unspecified atom stereocenters. The van der Waals surface area contributed by atoms with E-state index >= 15 is 0 Å². The van der Waals surface area contributed by atoms with Crippen molar-refractivity contribution in [3.63, 3.8) is 0 Å². The van der Waals surface area contributed by atoms with Crippen molar-refractivity contribution in [3.8, 4) is 17.2 Å². The summed E-state index contributed by atoms with van der Waals surface area (Å²) in [6, 6.07) is 13.8. The Morgan fingerprint density at radius 3 is 2.92 bits per heavy atom. The first-order chi connectivity index (χ1) is 12.3. The molecule has 128 valence electrons. The maximum Gasteiger partial charge on any atom is 0.231 e. The molecule has 1 N–H and O–H groups in total. The van der Waals surface area contributed by atoms with Gasteiger partial charge in [-0.2, -0.15) is 5.10 Å². The van der Waals surface area contributed by atoms with Gasteiger partial charge in [-0.15, -0.1) is 0 Å². The molecule has 0 bridgehead atoms. The topological polar surface area (TPSA) is 57.5 Å². The number of benzene rings is 2. The lowest BCUT2D eigenvalue weighted by Gasteiger charge is -2.10. The number of anilines is 1. The van der Waals surface area contributed by atoms with Crippen LogP contribution < -0.4 is 19.5 Å². The highest BCUT2D eigenvalue weighted by atomic mass is 16.7. The maximum absolute atomic E-state index is 5.86. The Hall–Kier alpha value is -3.15. The van der Waals surface area contributed by atoms with E-state index in [9.17, 15) is 0 Å². The number of hydrogen-bond donors (Lipinski definition) is 1. The van der Waals surface area contributed by atoms with E-state index in [0.717, 1.165) is 40.6 Å². The molecule has 6 nitrogen and oxygen atoms in total. The molecule has 0 saturated heterocycles. The number of aromatic nitrogens is 2. The third kappa shape index (κ3) is 3.68. The molecule has 2 aromatic carbocycles. The predicted octanol–water partition coefficient (Wildman–Crippen LogP) is 3.34. The second-order valence-corrected chi connectivity index (χ2v) is 5.88. The van der Waals surface area contributed by atoms with E-state index in [1.165, 1.54) is 0 Å². The van der Waals surface area contributed by atoms with Gasteiger partial charge in [0.1, 0.15) is 12.4 Å². The van der Waals surface area contributed by atoms with Gasteiger partial charge in [-0.05, 0) is 29.8 Å². The summed E-state index contributed by atoms with van der Waals surface area (Å²) in [5.41, 5.74) is 3.29. The maximum atomic E-state index is 5.86. The van der Waals surface area contributed by atoms with Crippen molar-refractivity contribution in [1.82, 2.24) is 9.78 Å². The Labute approximate surface area is 145 Å². The number of ether oxygens (including phenoxy) is 3. The first-order valence-corrected chi connectivity index (χ1v) is 8.09. The van der Waals surface area contributed by atoms with Crippen LogP contribution in [0, 0.1) is 0 Å². The lowest BCUT2D eigenvalue weighted by molar-refractivity contribution is 0.173. The fraction of sp³-hybridized carbons (Fsp3) is 0.211. The van der Waals surface area contributed by atoms with Gasteiger partial charge in [0.05, 0.1) is 6.20 Å². The molecule has 0 aliphatic carbocycles. The van der Waals surface area contributed by atoms with Crippen molar-refractivity contribution in [2.75, 3.05) is 12.1 Å². The van der Waals surface area contributed by atoms with Crippen molar-refractivity contribution in [2.45, 2.75) is 13.2 Å². The summed E-state index contributed by atoms with van der Waals surface area (Å²) in [5.74, 6) is 2.25. The summed E-state index contributed by atoms with van der Waals surface area (Å²) < 4.78 is 18.3. The van der Waals surface area contributed by atoms with Crippen LogP contribution in [-0.2, 0) is 20.2 Å². The molecule has 4 rings (SSSR count). The molecule has 0 fully saturated rings. The lowest BCUT2D eigenvalue weighted by Crippen LogP contribution is -2.00. The number of hydrogen-bond acceptors (Lipinski definition) is 5. The summed E-state index contributed by atoms with van der Waals surface area (Å²) in [4.78, 5) is 0.